The van der Waals surface area contributed by atoms with Gasteiger partial charge in [-0.1, -0.05) is 30.3 Å². The lowest BCUT2D eigenvalue weighted by atomic mass is 10.0. The van der Waals surface area contributed by atoms with Crippen LogP contribution in [0, 0.1) is 0 Å². The minimum Gasteiger partial charge on any atom is -0.464 e. The van der Waals surface area contributed by atoms with E-state index >= 15 is 0 Å². The van der Waals surface area contributed by atoms with E-state index in [9.17, 15) is 14.4 Å². The Kier molecular flexibility index (Phi) is 7.23. The number of aromatic nitrogens is 2. The van der Waals surface area contributed by atoms with Gasteiger partial charge in [0.2, 0.25) is 5.91 Å². The van der Waals surface area contributed by atoms with E-state index in [4.69, 9.17) is 4.74 Å². The third-order valence-corrected chi connectivity index (χ3v) is 6.08. The Morgan fingerprint density at radius 1 is 1.09 bits per heavy atom. The van der Waals surface area contributed by atoms with Crippen LogP contribution in [0.1, 0.15) is 40.6 Å². The van der Waals surface area contributed by atoms with Crippen molar-refractivity contribution in [1.82, 2.24) is 30.2 Å². The van der Waals surface area contributed by atoms with Crippen molar-refractivity contribution >= 4 is 17.9 Å². The van der Waals surface area contributed by atoms with Crippen molar-refractivity contribution in [1.29, 1.82) is 0 Å². The molecule has 1 saturated heterocycles. The number of urea groups is 1. The molecule has 2 aliphatic heterocycles. The third kappa shape index (κ3) is 5.70. The smallest absolute Gasteiger partial charge is 0.358 e. The van der Waals surface area contributed by atoms with Crippen LogP contribution >= 0.6 is 0 Å². The maximum Gasteiger partial charge on any atom is 0.358 e. The number of methoxy groups -OCH3 is 1. The Hall–Kier alpha value is -3.40. The molecule has 1 atom stereocenters. The summed E-state index contributed by atoms with van der Waals surface area (Å²) in [5.74, 6) is -0.500. The number of esters is 1. The predicted molar refractivity (Wildman–Crippen MR) is 120 cm³/mol. The second-order valence-electron chi connectivity index (χ2n) is 8.34. The van der Waals surface area contributed by atoms with E-state index in [1.54, 1.807) is 15.6 Å². The van der Waals surface area contributed by atoms with Crippen LogP contribution in [0.3, 0.4) is 0 Å². The van der Waals surface area contributed by atoms with Crippen molar-refractivity contribution in [3.8, 4) is 0 Å². The maximum atomic E-state index is 12.9. The number of hydrogen-bond acceptors (Lipinski definition) is 6. The molecule has 1 fully saturated rings. The van der Waals surface area contributed by atoms with E-state index in [2.05, 4.69) is 20.6 Å². The van der Waals surface area contributed by atoms with Gasteiger partial charge in [-0.25, -0.2) is 9.59 Å². The molecular formula is C23H30N6O4. The SMILES string of the molecule is COC(=O)c1cc2n(n1)CCCC2NC(=O)N1CCN(CC(=O)NCc2ccccc2)CC1. The van der Waals surface area contributed by atoms with Crippen LogP contribution in [0.25, 0.3) is 0 Å². The lowest BCUT2D eigenvalue weighted by Crippen LogP contribution is -2.54. The number of ether oxygens (including phenoxy) is 1. The molecule has 33 heavy (non-hydrogen) atoms. The van der Waals surface area contributed by atoms with E-state index in [-0.39, 0.29) is 23.7 Å². The lowest BCUT2D eigenvalue weighted by molar-refractivity contribution is -0.122. The second-order valence-corrected chi connectivity index (χ2v) is 8.34. The van der Waals surface area contributed by atoms with Gasteiger partial charge in [-0.05, 0) is 24.5 Å². The first kappa shape index (κ1) is 22.8. The van der Waals surface area contributed by atoms with Gasteiger partial charge in [-0.3, -0.25) is 14.4 Å². The molecule has 2 aliphatic rings. The van der Waals surface area contributed by atoms with E-state index in [0.29, 0.717) is 45.8 Å². The van der Waals surface area contributed by atoms with Crippen LogP contribution in [0.5, 0.6) is 0 Å². The quantitative estimate of drug-likeness (QED) is 0.634. The summed E-state index contributed by atoms with van der Waals surface area (Å²) in [5, 5.41) is 10.3. The first-order valence-corrected chi connectivity index (χ1v) is 11.3. The molecule has 0 aliphatic carbocycles. The highest BCUT2D eigenvalue weighted by atomic mass is 16.5. The molecule has 10 heteroatoms. The van der Waals surface area contributed by atoms with E-state index < -0.39 is 5.97 Å². The average molecular weight is 455 g/mol. The molecule has 0 radical (unpaired) electrons. The van der Waals surface area contributed by atoms with E-state index in [0.717, 1.165) is 24.1 Å². The Balaban J connectivity index is 1.23. The van der Waals surface area contributed by atoms with Crippen LogP contribution in [-0.4, -0.2) is 77.3 Å². The maximum absolute atomic E-state index is 12.9. The number of carbonyl (C=O) groups is 3. The van der Waals surface area contributed by atoms with Crippen molar-refractivity contribution in [3.63, 3.8) is 0 Å². The number of aryl methyl sites for hydroxylation is 1. The number of fused-ring (bicyclic) bond motifs is 1. The zero-order valence-electron chi connectivity index (χ0n) is 18.8. The summed E-state index contributed by atoms with van der Waals surface area (Å²) in [6.07, 6.45) is 1.66. The Bertz CT molecular complexity index is 984. The fourth-order valence-corrected chi connectivity index (χ4v) is 4.24. The number of nitrogens with one attached hydrogen (secondary N) is 2. The highest BCUT2D eigenvalue weighted by Crippen LogP contribution is 2.26. The zero-order chi connectivity index (χ0) is 23.2. The van der Waals surface area contributed by atoms with Gasteiger partial charge >= 0.3 is 12.0 Å². The summed E-state index contributed by atoms with van der Waals surface area (Å²) in [4.78, 5) is 40.8. The van der Waals surface area contributed by atoms with E-state index in [1.165, 1.54) is 7.11 Å². The van der Waals surface area contributed by atoms with Gasteiger partial charge in [-0.15, -0.1) is 0 Å². The highest BCUT2D eigenvalue weighted by Gasteiger charge is 2.29. The first-order chi connectivity index (χ1) is 16.0. The number of benzene rings is 1. The molecular weight excluding hydrogens is 424 g/mol. The normalized spacial score (nSPS) is 18.3. The number of rotatable bonds is 6. The fourth-order valence-electron chi connectivity index (χ4n) is 4.24. The van der Waals surface area contributed by atoms with Gasteiger partial charge in [0.1, 0.15) is 0 Å². The molecule has 2 aromatic rings. The van der Waals surface area contributed by atoms with Gasteiger partial charge in [0.15, 0.2) is 5.69 Å². The van der Waals surface area contributed by atoms with Gasteiger partial charge < -0.3 is 20.3 Å². The number of nitrogens with zero attached hydrogens (tertiary/aromatic N) is 4. The highest BCUT2D eigenvalue weighted by molar-refractivity contribution is 5.87. The number of piperazine rings is 1. The van der Waals surface area contributed by atoms with Crippen molar-refractivity contribution in [2.45, 2.75) is 32.0 Å². The molecule has 2 N–H and O–H groups in total. The van der Waals surface area contributed by atoms with Crippen molar-refractivity contribution in [2.75, 3.05) is 39.8 Å². The summed E-state index contributed by atoms with van der Waals surface area (Å²) < 4.78 is 6.53. The summed E-state index contributed by atoms with van der Waals surface area (Å²) in [7, 11) is 1.33. The Morgan fingerprint density at radius 3 is 2.58 bits per heavy atom. The standard InChI is InChI=1S/C23H30N6O4/c1-33-22(31)19-14-20-18(8-5-9-29(20)26-19)25-23(32)28-12-10-27(11-13-28)16-21(30)24-15-17-6-3-2-4-7-17/h2-4,6-7,14,18H,5,8-13,15-16H2,1H3,(H,24,30)(H,25,32). The van der Waals surface area contributed by atoms with E-state index in [1.807, 2.05) is 30.3 Å². The Labute approximate surface area is 192 Å². The molecule has 3 heterocycles. The molecule has 3 amide bonds. The van der Waals surface area contributed by atoms with Gasteiger partial charge in [0, 0.05) is 39.3 Å². The summed E-state index contributed by atoms with van der Waals surface area (Å²) in [5.41, 5.74) is 2.15. The first-order valence-electron chi connectivity index (χ1n) is 11.3. The topological polar surface area (TPSA) is 109 Å². The molecule has 0 spiro atoms. The molecule has 1 aromatic carbocycles. The van der Waals surface area contributed by atoms with Crippen LogP contribution in [0.4, 0.5) is 4.79 Å². The van der Waals surface area contributed by atoms with Gasteiger partial charge in [-0.2, -0.15) is 5.10 Å². The monoisotopic (exact) mass is 454 g/mol. The molecule has 4 rings (SSSR count). The number of hydrogen-bond donors (Lipinski definition) is 2. The predicted octanol–water partition coefficient (Wildman–Crippen LogP) is 1.15. The van der Waals surface area contributed by atoms with Gasteiger partial charge in [0.05, 0.1) is 25.4 Å². The minimum atomic E-state index is -0.481. The third-order valence-electron chi connectivity index (χ3n) is 6.08. The molecule has 0 saturated carbocycles. The summed E-state index contributed by atoms with van der Waals surface area (Å²) >= 11 is 0. The van der Waals surface area contributed by atoms with Crippen molar-refractivity contribution in [3.05, 3.63) is 53.3 Å². The number of amides is 3. The molecule has 10 nitrogen and oxygen atoms in total. The van der Waals surface area contributed by atoms with Crippen molar-refractivity contribution in [2.24, 2.45) is 0 Å². The molecule has 0 bridgehead atoms. The zero-order valence-corrected chi connectivity index (χ0v) is 18.8. The summed E-state index contributed by atoms with van der Waals surface area (Å²) in [6, 6.07) is 11.2. The molecule has 1 aromatic heterocycles. The van der Waals surface area contributed by atoms with Gasteiger partial charge in [0.25, 0.3) is 0 Å². The number of carbonyl (C=O) groups excluding carboxylic acids is 3. The second kappa shape index (κ2) is 10.5. The minimum absolute atomic E-state index is 0.0198. The largest absolute Gasteiger partial charge is 0.464 e. The summed E-state index contributed by atoms with van der Waals surface area (Å²) in [6.45, 7) is 3.93. The average Bonchev–Trinajstić information content (AvgIpc) is 3.29. The van der Waals surface area contributed by atoms with Crippen LogP contribution < -0.4 is 10.6 Å². The Morgan fingerprint density at radius 2 is 1.85 bits per heavy atom. The molecule has 1 unspecified atom stereocenters. The molecule has 176 valence electrons. The fraction of sp³-hybridized carbons (Fsp3) is 0.478. The lowest BCUT2D eigenvalue weighted by Gasteiger charge is -2.35. The van der Waals surface area contributed by atoms with Crippen molar-refractivity contribution < 1.29 is 19.1 Å². The van der Waals surface area contributed by atoms with Crippen LogP contribution in [0.15, 0.2) is 36.4 Å². The van der Waals surface area contributed by atoms with Crippen LogP contribution in [0.2, 0.25) is 0 Å². The van der Waals surface area contributed by atoms with Crippen LogP contribution in [-0.2, 0) is 22.6 Å².